The number of carbonyl (C=O) groups excluding carboxylic acids is 2. The van der Waals surface area contributed by atoms with Gasteiger partial charge in [-0.1, -0.05) is 84.9 Å². The second-order valence-electron chi connectivity index (χ2n) is 14.5. The number of aliphatic hydroxyl groups excluding tert-OH is 4. The summed E-state index contributed by atoms with van der Waals surface area (Å²) >= 11 is 0. The van der Waals surface area contributed by atoms with E-state index in [1.54, 1.807) is 0 Å². The second-order valence-corrected chi connectivity index (χ2v) is 14.5. The summed E-state index contributed by atoms with van der Waals surface area (Å²) in [5.74, 6) is -0.888. The number of piperazine rings is 1. The van der Waals surface area contributed by atoms with Crippen LogP contribution in [0.5, 0.6) is 0 Å². The zero-order valence-electron chi connectivity index (χ0n) is 30.6. The van der Waals surface area contributed by atoms with Gasteiger partial charge < -0.3 is 35.5 Å². The molecule has 2 heterocycles. The first kappa shape index (κ1) is 42.0. The van der Waals surface area contributed by atoms with Gasteiger partial charge in [0.25, 0.3) is 0 Å². The van der Waals surface area contributed by atoms with Crippen LogP contribution in [0.4, 0.5) is 31.1 Å². The summed E-state index contributed by atoms with van der Waals surface area (Å²) in [4.78, 5) is 31.5. The molecule has 0 aromatic heterocycles. The zero-order valence-corrected chi connectivity index (χ0v) is 30.6. The largest absolute Gasteiger partial charge is 0.401 e. The van der Waals surface area contributed by atoms with Crippen molar-refractivity contribution in [3.63, 3.8) is 0 Å². The van der Waals surface area contributed by atoms with E-state index >= 15 is 31.1 Å². The molecule has 15 heteroatoms. The third-order valence-electron chi connectivity index (χ3n) is 12.1. The smallest absolute Gasteiger partial charge is 0.396 e. The molecule has 2 aliphatic rings. The van der Waals surface area contributed by atoms with Gasteiger partial charge in [-0.3, -0.25) is 4.79 Å². The lowest BCUT2D eigenvalue weighted by molar-refractivity contribution is -0.273. The highest BCUT2D eigenvalue weighted by Gasteiger charge is 2.80. The molecule has 0 bridgehead atoms. The Bertz CT molecular complexity index is 1790. The van der Waals surface area contributed by atoms with Gasteiger partial charge in [0.2, 0.25) is 5.91 Å². The van der Waals surface area contributed by atoms with Gasteiger partial charge in [0.1, 0.15) is 16.4 Å². The Morgan fingerprint density at radius 1 is 0.764 bits per heavy atom. The maximum absolute atomic E-state index is 17.1. The van der Waals surface area contributed by atoms with Gasteiger partial charge in [-0.15, -0.1) is 0 Å². The average molecular weight is 780 g/mol. The maximum Gasteiger partial charge on any atom is 0.401 e. The fraction of sp³-hybridized carbons (Fsp3) is 0.500. The molecule has 5 unspecified atom stereocenters. The Morgan fingerprint density at radius 2 is 1.29 bits per heavy atom. The van der Waals surface area contributed by atoms with Crippen molar-refractivity contribution in [3.8, 4) is 0 Å². The minimum absolute atomic E-state index is 0.147. The van der Waals surface area contributed by atoms with Crippen LogP contribution >= 0.6 is 0 Å². The Hall–Kier alpha value is -4.18. The van der Waals surface area contributed by atoms with Gasteiger partial charge in [0, 0.05) is 40.0 Å². The van der Waals surface area contributed by atoms with Crippen LogP contribution in [0.1, 0.15) is 54.4 Å². The third-order valence-corrected chi connectivity index (χ3v) is 12.1. The lowest BCUT2D eigenvalue weighted by atomic mass is 9.52. The third kappa shape index (κ3) is 6.27. The average Bonchev–Trinajstić information content (AvgIpc) is 3.42. The summed E-state index contributed by atoms with van der Waals surface area (Å²) in [6, 6.07) is 13.0. The number of hydrogen-bond donors (Lipinski definition) is 5. The number of benzene rings is 3. The first-order chi connectivity index (χ1) is 26.1. The number of nitrogens with one attached hydrogen (secondary N) is 1. The Labute approximate surface area is 315 Å². The molecule has 5 atom stereocenters. The summed E-state index contributed by atoms with van der Waals surface area (Å²) in [5, 5.41) is 44.2. The lowest BCUT2D eigenvalue weighted by Crippen LogP contribution is -2.83. The van der Waals surface area contributed by atoms with Crippen molar-refractivity contribution in [2.24, 2.45) is 5.41 Å². The number of aryl methyl sites for hydroxylation is 1. The molecule has 0 aliphatic carbocycles. The van der Waals surface area contributed by atoms with E-state index in [1.807, 2.05) is 0 Å². The van der Waals surface area contributed by atoms with Gasteiger partial charge in [-0.25, -0.2) is 4.79 Å². The van der Waals surface area contributed by atoms with Crippen LogP contribution in [0.3, 0.4) is 0 Å². The van der Waals surface area contributed by atoms with E-state index in [1.165, 1.54) is 67.6 Å². The molecule has 55 heavy (non-hydrogen) atoms. The first-order valence-corrected chi connectivity index (χ1v) is 18.1. The molecule has 0 radical (unpaired) electrons. The monoisotopic (exact) mass is 779 g/mol. The van der Waals surface area contributed by atoms with Crippen LogP contribution in [0, 0.1) is 12.3 Å². The highest BCUT2D eigenvalue weighted by molar-refractivity contribution is 5.87. The second kappa shape index (κ2) is 15.8. The molecule has 3 aromatic rings. The topological polar surface area (TPSA) is 134 Å². The van der Waals surface area contributed by atoms with Crippen LogP contribution < -0.4 is 5.32 Å². The normalized spacial score (nSPS) is 23.5. The Morgan fingerprint density at radius 3 is 1.76 bits per heavy atom. The van der Waals surface area contributed by atoms with Crippen molar-refractivity contribution in [1.29, 1.82) is 0 Å². The molecular weight excluding hydrogens is 732 g/mol. The fourth-order valence-corrected chi connectivity index (χ4v) is 9.95. The number of alkyl halides is 6. The number of nitrogens with zero attached hydrogens (tertiary/aromatic N) is 2. The van der Waals surface area contributed by atoms with E-state index < -0.39 is 122 Å². The molecule has 3 aromatic carbocycles. The summed E-state index contributed by atoms with van der Waals surface area (Å²) in [6.45, 7) is -3.02. The summed E-state index contributed by atoms with van der Waals surface area (Å²) < 4.78 is 101. The van der Waals surface area contributed by atoms with Crippen molar-refractivity contribution in [1.82, 2.24) is 15.1 Å². The Kier molecular flexibility index (Phi) is 12.0. The molecule has 3 amide bonds. The molecule has 9 nitrogen and oxygen atoms in total. The number of hydrogen-bond acceptors (Lipinski definition) is 6. The molecule has 2 saturated heterocycles. The van der Waals surface area contributed by atoms with Crippen molar-refractivity contribution in [2.75, 3.05) is 40.0 Å². The number of amides is 3. The molecule has 300 valence electrons. The molecule has 5 rings (SSSR count). The minimum Gasteiger partial charge on any atom is -0.396 e. The van der Waals surface area contributed by atoms with E-state index in [-0.39, 0.29) is 24.0 Å². The van der Waals surface area contributed by atoms with E-state index in [0.29, 0.717) is 4.90 Å². The zero-order chi connectivity index (χ0) is 40.5. The number of fused-ring (bicyclic) bond motifs is 1. The van der Waals surface area contributed by atoms with Gasteiger partial charge in [-0.2, -0.15) is 26.3 Å². The summed E-state index contributed by atoms with van der Waals surface area (Å²) in [7, 11) is 1.09. The van der Waals surface area contributed by atoms with Crippen molar-refractivity contribution in [3.05, 3.63) is 107 Å². The Balaban J connectivity index is 2.15. The highest BCUT2D eigenvalue weighted by atomic mass is 19.4. The molecule has 5 N–H and O–H groups in total. The summed E-state index contributed by atoms with van der Waals surface area (Å²) in [5.41, 5.74) is -12.5. The van der Waals surface area contributed by atoms with Crippen LogP contribution in [-0.2, 0) is 21.2 Å². The SMILES string of the molecule is CNC(=O)N1C(C(CCO)(c2ccccc2)C(F)(F)F)CN2C(=O)C(CCO)(CCO)CC2C1(c1ccccc1C)C(CCO)(c1ccccc1)C(F)(F)F. The molecule has 2 aliphatic heterocycles. The summed E-state index contributed by atoms with van der Waals surface area (Å²) in [6.07, 6.45) is -14.3. The number of urea groups is 1. The van der Waals surface area contributed by atoms with E-state index in [4.69, 9.17) is 0 Å². The number of rotatable bonds is 13. The van der Waals surface area contributed by atoms with Crippen molar-refractivity contribution in [2.45, 2.75) is 79.8 Å². The quantitative estimate of drug-likeness (QED) is 0.149. The number of halogens is 6. The fourth-order valence-electron chi connectivity index (χ4n) is 9.95. The molecule has 0 spiro atoms. The standard InChI is InChI=1S/C40H47F6N3O6/c1-27-11-9-10-16-30(27)38(37(20-24-53,40(44,45)46)29-14-7-4-8-15-29)31-25-35(17-21-50,18-22-51)33(54)48(31)26-32(49(38)34(55)47-2)36(19-23-52,39(41,42)43)28-12-5-3-6-13-28/h3-16,31-32,50-53H,17-26H2,1-2H3,(H,47,55). The van der Waals surface area contributed by atoms with Gasteiger partial charge in [0.05, 0.1) is 17.5 Å². The van der Waals surface area contributed by atoms with Crippen molar-refractivity contribution >= 4 is 11.9 Å². The number of carbonyl (C=O) groups is 2. The first-order valence-electron chi connectivity index (χ1n) is 18.1. The van der Waals surface area contributed by atoms with E-state index in [2.05, 4.69) is 5.32 Å². The number of aliphatic hydroxyl groups is 4. The lowest BCUT2D eigenvalue weighted by Gasteiger charge is -2.67. The maximum atomic E-state index is 17.1. The van der Waals surface area contributed by atoms with Crippen LogP contribution in [0.15, 0.2) is 84.9 Å². The van der Waals surface area contributed by atoms with Crippen LogP contribution in [-0.4, -0.2) is 107 Å². The van der Waals surface area contributed by atoms with E-state index in [9.17, 15) is 25.2 Å². The molecular formula is C40H47F6N3O6. The van der Waals surface area contributed by atoms with Gasteiger partial charge in [-0.05, 0) is 61.3 Å². The van der Waals surface area contributed by atoms with Crippen molar-refractivity contribution < 1.29 is 56.4 Å². The van der Waals surface area contributed by atoms with Crippen LogP contribution in [0.2, 0.25) is 0 Å². The molecule has 0 saturated carbocycles. The predicted octanol–water partition coefficient (Wildman–Crippen LogP) is 5.33. The van der Waals surface area contributed by atoms with Crippen LogP contribution in [0.25, 0.3) is 0 Å². The predicted molar refractivity (Wildman–Crippen MR) is 191 cm³/mol. The molecule has 2 fully saturated rings. The minimum atomic E-state index is -5.45. The van der Waals surface area contributed by atoms with Gasteiger partial charge >= 0.3 is 18.4 Å². The van der Waals surface area contributed by atoms with E-state index in [0.717, 1.165) is 36.2 Å². The highest BCUT2D eigenvalue weighted by Crippen LogP contribution is 2.67. The van der Waals surface area contributed by atoms with Gasteiger partial charge in [0.15, 0.2) is 0 Å².